The van der Waals surface area contributed by atoms with Crippen LogP contribution < -0.4 is 4.74 Å². The van der Waals surface area contributed by atoms with Crippen molar-refractivity contribution in [2.45, 2.75) is 20.0 Å². The minimum Gasteiger partial charge on any atom is -0.497 e. The van der Waals surface area contributed by atoms with E-state index in [2.05, 4.69) is 0 Å². The van der Waals surface area contributed by atoms with Gasteiger partial charge >= 0.3 is 11.9 Å². The fraction of sp³-hybridized carbons (Fsp3) is 0.294. The number of fused-ring (bicyclic) bond motifs is 1. The Labute approximate surface area is 128 Å². The number of ether oxygens (including phenoxy) is 3. The predicted molar refractivity (Wildman–Crippen MR) is 82.0 cm³/mol. The lowest BCUT2D eigenvalue weighted by molar-refractivity contribution is -0.152. The molecule has 2 aromatic rings. The second-order valence-electron chi connectivity index (χ2n) is 4.69. The van der Waals surface area contributed by atoms with Crippen molar-refractivity contribution in [1.82, 2.24) is 0 Å². The molecule has 0 heterocycles. The first-order valence-corrected chi connectivity index (χ1v) is 7.01. The van der Waals surface area contributed by atoms with Crippen molar-refractivity contribution in [3.05, 3.63) is 42.0 Å². The van der Waals surface area contributed by atoms with Crippen LogP contribution >= 0.6 is 0 Å². The summed E-state index contributed by atoms with van der Waals surface area (Å²) >= 11 is 0. The lowest BCUT2D eigenvalue weighted by Gasteiger charge is -2.13. The molecule has 116 valence electrons. The van der Waals surface area contributed by atoms with Gasteiger partial charge in [0.25, 0.3) is 0 Å². The standard InChI is InChI=1S/C17H18O5/c1-4-21-16(18)11(2)22-17(19)15-7-5-6-12-10-13(20-3)8-9-14(12)15/h5-11H,4H2,1-3H3/t11-/m1/s1. The van der Waals surface area contributed by atoms with Crippen LogP contribution in [0.3, 0.4) is 0 Å². The maximum atomic E-state index is 12.3. The van der Waals surface area contributed by atoms with Crippen molar-refractivity contribution in [2.75, 3.05) is 13.7 Å². The first kappa shape index (κ1) is 15.8. The van der Waals surface area contributed by atoms with E-state index in [1.54, 1.807) is 38.3 Å². The Morgan fingerprint density at radius 2 is 1.95 bits per heavy atom. The van der Waals surface area contributed by atoms with Crippen molar-refractivity contribution in [1.29, 1.82) is 0 Å². The molecule has 5 nitrogen and oxygen atoms in total. The average molecular weight is 302 g/mol. The number of carbonyl (C=O) groups excluding carboxylic acids is 2. The Kier molecular flexibility index (Phi) is 4.99. The van der Waals surface area contributed by atoms with Crippen LogP contribution in [0.15, 0.2) is 36.4 Å². The summed E-state index contributed by atoms with van der Waals surface area (Å²) in [6.07, 6.45) is -0.944. The molecule has 22 heavy (non-hydrogen) atoms. The summed E-state index contributed by atoms with van der Waals surface area (Å²) in [7, 11) is 1.58. The van der Waals surface area contributed by atoms with E-state index in [1.807, 2.05) is 12.1 Å². The largest absolute Gasteiger partial charge is 0.497 e. The number of benzene rings is 2. The Hall–Kier alpha value is -2.56. The average Bonchev–Trinajstić information content (AvgIpc) is 2.53. The van der Waals surface area contributed by atoms with Gasteiger partial charge in [-0.05, 0) is 48.9 Å². The van der Waals surface area contributed by atoms with Crippen LogP contribution in [0.5, 0.6) is 5.75 Å². The predicted octanol–water partition coefficient (Wildman–Crippen LogP) is 2.96. The third-order valence-electron chi connectivity index (χ3n) is 3.21. The summed E-state index contributed by atoms with van der Waals surface area (Å²) in [6.45, 7) is 3.43. The van der Waals surface area contributed by atoms with Crippen LogP contribution in [0.2, 0.25) is 0 Å². The van der Waals surface area contributed by atoms with Gasteiger partial charge in [0.1, 0.15) is 5.75 Å². The highest BCUT2D eigenvalue weighted by Crippen LogP contribution is 2.24. The summed E-state index contributed by atoms with van der Waals surface area (Å²) in [5.74, 6) is -0.410. The second kappa shape index (κ2) is 6.93. The third-order valence-corrected chi connectivity index (χ3v) is 3.21. The number of esters is 2. The quantitative estimate of drug-likeness (QED) is 0.795. The van der Waals surface area contributed by atoms with E-state index in [-0.39, 0.29) is 6.61 Å². The maximum absolute atomic E-state index is 12.3. The van der Waals surface area contributed by atoms with Crippen LogP contribution in [0.25, 0.3) is 10.8 Å². The van der Waals surface area contributed by atoms with Crippen LogP contribution in [-0.4, -0.2) is 31.8 Å². The van der Waals surface area contributed by atoms with E-state index in [0.717, 1.165) is 10.8 Å². The van der Waals surface area contributed by atoms with Gasteiger partial charge in [-0.15, -0.1) is 0 Å². The highest BCUT2D eigenvalue weighted by atomic mass is 16.6. The van der Waals surface area contributed by atoms with Crippen molar-refractivity contribution >= 4 is 22.7 Å². The molecule has 0 bridgehead atoms. The zero-order valence-electron chi connectivity index (χ0n) is 12.8. The van der Waals surface area contributed by atoms with Crippen LogP contribution in [0.4, 0.5) is 0 Å². The molecule has 0 saturated carbocycles. The Bertz CT molecular complexity index is 693. The van der Waals surface area contributed by atoms with Gasteiger partial charge in [-0.3, -0.25) is 0 Å². The van der Waals surface area contributed by atoms with E-state index in [4.69, 9.17) is 14.2 Å². The lowest BCUT2D eigenvalue weighted by Crippen LogP contribution is -2.26. The molecular weight excluding hydrogens is 284 g/mol. The molecule has 0 unspecified atom stereocenters. The first-order chi connectivity index (χ1) is 10.6. The zero-order valence-corrected chi connectivity index (χ0v) is 12.8. The van der Waals surface area contributed by atoms with Gasteiger partial charge in [0, 0.05) is 0 Å². The summed E-state index contributed by atoms with van der Waals surface area (Å²) in [4.78, 5) is 23.8. The fourth-order valence-corrected chi connectivity index (χ4v) is 2.10. The molecule has 0 amide bonds. The number of hydrogen-bond acceptors (Lipinski definition) is 5. The SMILES string of the molecule is CCOC(=O)[C@@H](C)OC(=O)c1cccc2cc(OC)ccc12. The minimum absolute atomic E-state index is 0.245. The topological polar surface area (TPSA) is 61.8 Å². The second-order valence-corrected chi connectivity index (χ2v) is 4.69. The highest BCUT2D eigenvalue weighted by Gasteiger charge is 2.21. The molecule has 1 atom stereocenters. The van der Waals surface area contributed by atoms with Crippen LogP contribution in [0, 0.1) is 0 Å². The minimum atomic E-state index is -0.944. The summed E-state index contributed by atoms with van der Waals surface area (Å²) < 4.78 is 15.2. The summed E-state index contributed by atoms with van der Waals surface area (Å²) in [6, 6.07) is 10.7. The van der Waals surface area contributed by atoms with E-state index >= 15 is 0 Å². The normalized spacial score (nSPS) is 11.8. The monoisotopic (exact) mass is 302 g/mol. The van der Waals surface area contributed by atoms with Crippen molar-refractivity contribution < 1.29 is 23.8 Å². The molecule has 0 fully saturated rings. The number of hydrogen-bond donors (Lipinski definition) is 0. The zero-order chi connectivity index (χ0) is 16.1. The highest BCUT2D eigenvalue weighted by molar-refractivity contribution is 6.05. The van der Waals surface area contributed by atoms with Gasteiger partial charge in [0.2, 0.25) is 0 Å². The molecule has 0 spiro atoms. The van der Waals surface area contributed by atoms with Gasteiger partial charge in [-0.2, -0.15) is 0 Å². The smallest absolute Gasteiger partial charge is 0.347 e. The number of methoxy groups -OCH3 is 1. The van der Waals surface area contributed by atoms with Crippen molar-refractivity contribution in [3.63, 3.8) is 0 Å². The Balaban J connectivity index is 2.26. The molecule has 2 aromatic carbocycles. The Morgan fingerprint density at radius 1 is 1.18 bits per heavy atom. The van der Waals surface area contributed by atoms with Gasteiger partial charge in [-0.25, -0.2) is 9.59 Å². The number of rotatable bonds is 5. The van der Waals surface area contributed by atoms with Crippen LogP contribution in [-0.2, 0) is 14.3 Å². The van der Waals surface area contributed by atoms with Crippen molar-refractivity contribution in [2.24, 2.45) is 0 Å². The summed E-state index contributed by atoms with van der Waals surface area (Å²) in [5.41, 5.74) is 0.399. The molecule has 2 rings (SSSR count). The van der Waals surface area contributed by atoms with E-state index < -0.39 is 18.0 Å². The maximum Gasteiger partial charge on any atom is 0.347 e. The molecule has 0 aliphatic carbocycles. The van der Waals surface area contributed by atoms with E-state index in [0.29, 0.717) is 11.3 Å². The van der Waals surface area contributed by atoms with Gasteiger partial charge in [0.05, 0.1) is 19.3 Å². The molecule has 0 N–H and O–H groups in total. The van der Waals surface area contributed by atoms with E-state index in [1.165, 1.54) is 6.92 Å². The first-order valence-electron chi connectivity index (χ1n) is 7.01. The van der Waals surface area contributed by atoms with Gasteiger partial charge in [0.15, 0.2) is 6.10 Å². The van der Waals surface area contributed by atoms with Gasteiger partial charge in [-0.1, -0.05) is 12.1 Å². The molecular formula is C17H18O5. The lowest BCUT2D eigenvalue weighted by atomic mass is 10.0. The molecule has 0 aliphatic heterocycles. The molecule has 5 heteroatoms. The molecule has 0 aromatic heterocycles. The third kappa shape index (κ3) is 3.36. The molecule has 0 saturated heterocycles. The van der Waals surface area contributed by atoms with Crippen LogP contribution in [0.1, 0.15) is 24.2 Å². The van der Waals surface area contributed by atoms with Gasteiger partial charge < -0.3 is 14.2 Å². The fourth-order valence-electron chi connectivity index (χ4n) is 2.10. The Morgan fingerprint density at radius 3 is 2.64 bits per heavy atom. The molecule has 0 aliphatic rings. The molecule has 0 radical (unpaired) electrons. The summed E-state index contributed by atoms with van der Waals surface area (Å²) in [5, 5.41) is 1.60. The van der Waals surface area contributed by atoms with E-state index in [9.17, 15) is 9.59 Å². The van der Waals surface area contributed by atoms with Crippen molar-refractivity contribution in [3.8, 4) is 5.75 Å². The number of carbonyl (C=O) groups is 2.